The Morgan fingerprint density at radius 1 is 1.38 bits per heavy atom. The summed E-state index contributed by atoms with van der Waals surface area (Å²) in [6.45, 7) is 2.21. The third-order valence-corrected chi connectivity index (χ3v) is 3.38. The largest absolute Gasteiger partial charge is 0.491 e. The van der Waals surface area contributed by atoms with Crippen LogP contribution in [-0.2, 0) is 27.7 Å². The monoisotopic (exact) mass is 334 g/mol. The van der Waals surface area contributed by atoms with E-state index in [0.717, 1.165) is 5.56 Å². The molecule has 1 heterocycles. The van der Waals surface area contributed by atoms with Crippen LogP contribution in [0, 0.1) is 10.1 Å². The Hall–Kier alpha value is -2.81. The molecule has 9 nitrogen and oxygen atoms in total. The first-order valence-corrected chi connectivity index (χ1v) is 7.30. The number of hydrogen-bond acceptors (Lipinski definition) is 7. The highest BCUT2D eigenvalue weighted by Gasteiger charge is 2.22. The number of hydrogen-bond donors (Lipinski definition) is 0. The van der Waals surface area contributed by atoms with Gasteiger partial charge in [0.05, 0.1) is 7.11 Å². The molecule has 9 heteroatoms. The van der Waals surface area contributed by atoms with E-state index in [1.807, 2.05) is 12.1 Å². The van der Waals surface area contributed by atoms with E-state index in [-0.39, 0.29) is 0 Å². The van der Waals surface area contributed by atoms with E-state index in [1.54, 1.807) is 26.1 Å². The van der Waals surface area contributed by atoms with Crippen LogP contribution in [0.4, 0.5) is 5.95 Å². The molecule has 0 fully saturated rings. The topological polar surface area (TPSA) is 109 Å². The molecule has 0 aliphatic rings. The minimum atomic E-state index is -0.665. The maximum atomic E-state index is 11.7. The molecule has 0 saturated heterocycles. The number of rotatable bonds is 7. The molecule has 0 N–H and O–H groups in total. The molecule has 0 radical (unpaired) electrons. The first kappa shape index (κ1) is 17.5. The van der Waals surface area contributed by atoms with Crippen LogP contribution in [0.1, 0.15) is 12.5 Å². The highest BCUT2D eigenvalue weighted by Crippen LogP contribution is 2.20. The summed E-state index contributed by atoms with van der Waals surface area (Å²) in [5.41, 5.74) is 1.56. The maximum absolute atomic E-state index is 11.7. The van der Waals surface area contributed by atoms with Crippen molar-refractivity contribution in [3.05, 3.63) is 39.9 Å². The fourth-order valence-electron chi connectivity index (χ4n) is 2.25. The fourth-order valence-corrected chi connectivity index (χ4v) is 2.25. The number of nitro groups is 1. The fraction of sp³-hybridized carbons (Fsp3) is 0.400. The summed E-state index contributed by atoms with van der Waals surface area (Å²) >= 11 is 0. The summed E-state index contributed by atoms with van der Waals surface area (Å²) in [5.74, 6) is -0.480. The van der Waals surface area contributed by atoms with Crippen molar-refractivity contribution in [3.8, 4) is 11.4 Å². The van der Waals surface area contributed by atoms with Gasteiger partial charge in [0.2, 0.25) is 5.82 Å². The number of ether oxygens (including phenoxy) is 2. The quantitative estimate of drug-likeness (QED) is 0.429. The van der Waals surface area contributed by atoms with Gasteiger partial charge in [0.15, 0.2) is 6.10 Å². The number of carbonyl (C=O) groups excluding carboxylic acids is 1. The van der Waals surface area contributed by atoms with Gasteiger partial charge in [0, 0.05) is 30.7 Å². The lowest BCUT2D eigenvalue weighted by atomic mass is 10.1. The van der Waals surface area contributed by atoms with Crippen LogP contribution in [0.3, 0.4) is 0 Å². The van der Waals surface area contributed by atoms with Gasteiger partial charge in [0.1, 0.15) is 0 Å². The van der Waals surface area contributed by atoms with E-state index >= 15 is 0 Å². The number of carbonyl (C=O) groups is 1. The highest BCUT2D eigenvalue weighted by molar-refractivity contribution is 5.75. The van der Waals surface area contributed by atoms with Gasteiger partial charge >= 0.3 is 11.9 Å². The molecule has 1 aromatic heterocycles. The van der Waals surface area contributed by atoms with Crippen molar-refractivity contribution in [1.82, 2.24) is 14.8 Å². The Labute approximate surface area is 138 Å². The number of esters is 1. The number of methoxy groups -OCH3 is 1. The Morgan fingerprint density at radius 3 is 2.54 bits per heavy atom. The van der Waals surface area contributed by atoms with E-state index in [9.17, 15) is 14.9 Å². The molecule has 2 aromatic rings. The molecule has 1 unspecified atom stereocenters. The average molecular weight is 334 g/mol. The number of aromatic nitrogens is 3. The molecular formula is C15H18N4O5. The molecule has 1 aromatic carbocycles. The predicted octanol–water partition coefficient (Wildman–Crippen LogP) is 1.51. The van der Waals surface area contributed by atoms with Crippen molar-refractivity contribution in [3.63, 3.8) is 0 Å². The molecule has 0 aliphatic heterocycles. The van der Waals surface area contributed by atoms with E-state index in [4.69, 9.17) is 9.47 Å². The minimum Gasteiger partial charge on any atom is -0.467 e. The van der Waals surface area contributed by atoms with Crippen LogP contribution >= 0.6 is 0 Å². The standard InChI is InChI=1S/C15H18N4O5/c1-4-24-12(14(20)23-3)9-10-5-7-11(8-6-10)13-16-15(19(21)22)17-18(13)2/h5-8,12H,4,9H2,1-3H3. The zero-order chi connectivity index (χ0) is 17.7. The second-order valence-electron chi connectivity index (χ2n) is 4.98. The average Bonchev–Trinajstić information content (AvgIpc) is 2.96. The highest BCUT2D eigenvalue weighted by atomic mass is 16.6. The van der Waals surface area contributed by atoms with Crippen LogP contribution in [0.5, 0.6) is 0 Å². The normalized spacial score (nSPS) is 12.0. The Morgan fingerprint density at radius 2 is 2.04 bits per heavy atom. The summed E-state index contributed by atoms with van der Waals surface area (Å²) in [5, 5.41) is 14.5. The maximum Gasteiger partial charge on any atom is 0.491 e. The van der Waals surface area contributed by atoms with Crippen LogP contribution in [-0.4, -0.2) is 45.5 Å². The van der Waals surface area contributed by atoms with Crippen molar-refractivity contribution >= 4 is 11.9 Å². The first-order chi connectivity index (χ1) is 11.5. The van der Waals surface area contributed by atoms with E-state index in [1.165, 1.54) is 11.8 Å². The second-order valence-corrected chi connectivity index (χ2v) is 4.98. The van der Waals surface area contributed by atoms with Crippen molar-refractivity contribution in [1.29, 1.82) is 0 Å². The molecule has 1 atom stereocenters. The van der Waals surface area contributed by atoms with Gasteiger partial charge in [-0.2, -0.15) is 4.68 Å². The number of aryl methyl sites for hydroxylation is 1. The van der Waals surface area contributed by atoms with Gasteiger partial charge in [-0.3, -0.25) is 0 Å². The Bertz CT molecular complexity index is 726. The molecule has 24 heavy (non-hydrogen) atoms. The van der Waals surface area contributed by atoms with Crippen molar-refractivity contribution in [2.75, 3.05) is 13.7 Å². The van der Waals surface area contributed by atoms with Crippen molar-refractivity contribution < 1.29 is 19.2 Å². The summed E-state index contributed by atoms with van der Waals surface area (Å²) in [6.07, 6.45) is -0.290. The third kappa shape index (κ3) is 3.93. The van der Waals surface area contributed by atoms with Gasteiger partial charge in [-0.25, -0.2) is 4.79 Å². The zero-order valence-electron chi connectivity index (χ0n) is 13.6. The van der Waals surface area contributed by atoms with Gasteiger partial charge < -0.3 is 19.6 Å². The van der Waals surface area contributed by atoms with Crippen LogP contribution < -0.4 is 0 Å². The number of benzene rings is 1. The molecule has 0 amide bonds. The van der Waals surface area contributed by atoms with Gasteiger partial charge in [-0.15, -0.1) is 0 Å². The smallest absolute Gasteiger partial charge is 0.467 e. The van der Waals surface area contributed by atoms with Crippen molar-refractivity contribution in [2.45, 2.75) is 19.4 Å². The molecule has 0 saturated carbocycles. The summed E-state index contributed by atoms with van der Waals surface area (Å²) in [6, 6.07) is 7.16. The van der Waals surface area contributed by atoms with Gasteiger partial charge in [-0.1, -0.05) is 12.1 Å². The zero-order valence-corrected chi connectivity index (χ0v) is 13.6. The van der Waals surface area contributed by atoms with E-state index in [2.05, 4.69) is 10.1 Å². The summed E-state index contributed by atoms with van der Waals surface area (Å²) < 4.78 is 11.5. The SMILES string of the molecule is CCOC(Cc1ccc(-c2nc([N+](=O)[O-])nn2C)cc1)C(=O)OC. The Balaban J connectivity index is 2.18. The lowest BCUT2D eigenvalue weighted by molar-refractivity contribution is -0.394. The molecule has 128 valence electrons. The lowest BCUT2D eigenvalue weighted by Crippen LogP contribution is -2.28. The van der Waals surface area contributed by atoms with Crippen molar-refractivity contribution in [2.24, 2.45) is 7.05 Å². The summed E-state index contributed by atoms with van der Waals surface area (Å²) in [7, 11) is 2.91. The second kappa shape index (κ2) is 7.64. The molecule has 2 rings (SSSR count). The van der Waals surface area contributed by atoms with Gasteiger partial charge in [-0.05, 0) is 34.5 Å². The predicted molar refractivity (Wildman–Crippen MR) is 84.2 cm³/mol. The molecular weight excluding hydrogens is 316 g/mol. The van der Waals surface area contributed by atoms with Crippen LogP contribution in [0.15, 0.2) is 24.3 Å². The lowest BCUT2D eigenvalue weighted by Gasteiger charge is -2.14. The Kier molecular flexibility index (Phi) is 5.59. The molecule has 0 aliphatic carbocycles. The first-order valence-electron chi connectivity index (χ1n) is 7.30. The van der Waals surface area contributed by atoms with Crippen LogP contribution in [0.2, 0.25) is 0 Å². The van der Waals surface area contributed by atoms with E-state index in [0.29, 0.717) is 24.4 Å². The molecule has 0 bridgehead atoms. The van der Waals surface area contributed by atoms with Crippen LogP contribution in [0.25, 0.3) is 11.4 Å². The van der Waals surface area contributed by atoms with E-state index < -0.39 is 22.9 Å². The third-order valence-electron chi connectivity index (χ3n) is 3.38. The van der Waals surface area contributed by atoms with Gasteiger partial charge in [0.25, 0.3) is 0 Å². The molecule has 0 spiro atoms. The minimum absolute atomic E-state index is 0.375. The number of nitrogens with zero attached hydrogens (tertiary/aromatic N) is 4. The summed E-state index contributed by atoms with van der Waals surface area (Å²) in [4.78, 5) is 25.7.